The molecule has 1 heterocycles. The second-order valence-corrected chi connectivity index (χ2v) is 4.68. The highest BCUT2D eigenvalue weighted by Gasteiger charge is 2.16. The minimum Gasteiger partial charge on any atom is -0.477 e. The monoisotopic (exact) mass is 253 g/mol. The number of urea groups is 1. The number of aromatic amines is 1. The summed E-state index contributed by atoms with van der Waals surface area (Å²) in [6.07, 6.45) is 0. The third-order valence-electron chi connectivity index (χ3n) is 2.77. The van der Waals surface area contributed by atoms with Gasteiger partial charge in [-0.15, -0.1) is 0 Å². The van der Waals surface area contributed by atoms with Crippen molar-refractivity contribution < 1.29 is 14.7 Å². The van der Waals surface area contributed by atoms with E-state index in [0.29, 0.717) is 11.6 Å². The Labute approximate surface area is 106 Å². The van der Waals surface area contributed by atoms with E-state index in [4.69, 9.17) is 5.11 Å². The molecule has 6 nitrogen and oxygen atoms in total. The molecule has 1 aromatic heterocycles. The molecule has 0 saturated heterocycles. The van der Waals surface area contributed by atoms with Crippen LogP contribution in [0, 0.1) is 12.8 Å². The molecule has 1 rings (SSSR count). The standard InChI is InChI=1S/C12H19N3O3/c1-6(2)8(4)14-12(18)15-9-5-7(3)13-10(9)11(16)17/h5-6,8,13H,1-4H3,(H,16,17)(H2,14,15,18). The molecule has 0 bridgehead atoms. The summed E-state index contributed by atoms with van der Waals surface area (Å²) >= 11 is 0. The van der Waals surface area contributed by atoms with Crippen molar-refractivity contribution in [2.45, 2.75) is 33.7 Å². The second-order valence-electron chi connectivity index (χ2n) is 4.68. The normalized spacial score (nSPS) is 12.3. The van der Waals surface area contributed by atoms with Crippen LogP contribution in [-0.4, -0.2) is 28.1 Å². The van der Waals surface area contributed by atoms with Gasteiger partial charge in [0.25, 0.3) is 0 Å². The topological polar surface area (TPSA) is 94.2 Å². The molecule has 4 N–H and O–H groups in total. The average molecular weight is 253 g/mol. The van der Waals surface area contributed by atoms with Gasteiger partial charge in [0.1, 0.15) is 5.69 Å². The van der Waals surface area contributed by atoms with E-state index in [0.717, 1.165) is 0 Å². The molecule has 1 aromatic rings. The average Bonchev–Trinajstić information content (AvgIpc) is 2.58. The van der Waals surface area contributed by atoms with Crippen LogP contribution in [0.4, 0.5) is 10.5 Å². The Hall–Kier alpha value is -1.98. The van der Waals surface area contributed by atoms with Crippen molar-refractivity contribution in [3.8, 4) is 0 Å². The highest BCUT2D eigenvalue weighted by atomic mass is 16.4. The number of anilines is 1. The van der Waals surface area contributed by atoms with E-state index in [2.05, 4.69) is 15.6 Å². The van der Waals surface area contributed by atoms with Gasteiger partial charge in [-0.25, -0.2) is 9.59 Å². The van der Waals surface area contributed by atoms with E-state index in [1.807, 2.05) is 20.8 Å². The van der Waals surface area contributed by atoms with Crippen LogP contribution >= 0.6 is 0 Å². The van der Waals surface area contributed by atoms with Gasteiger partial charge in [0.15, 0.2) is 0 Å². The predicted octanol–water partition coefficient (Wildman–Crippen LogP) is 2.19. The third-order valence-corrected chi connectivity index (χ3v) is 2.77. The molecular weight excluding hydrogens is 234 g/mol. The first-order valence-corrected chi connectivity index (χ1v) is 5.81. The number of amides is 2. The number of carboxylic acid groups (broad SMARTS) is 1. The van der Waals surface area contributed by atoms with E-state index in [-0.39, 0.29) is 17.4 Å². The summed E-state index contributed by atoms with van der Waals surface area (Å²) in [6.45, 7) is 7.61. The molecule has 0 aliphatic heterocycles. The number of hydrogen-bond acceptors (Lipinski definition) is 2. The summed E-state index contributed by atoms with van der Waals surface area (Å²) < 4.78 is 0. The Morgan fingerprint density at radius 3 is 2.44 bits per heavy atom. The predicted molar refractivity (Wildman–Crippen MR) is 68.9 cm³/mol. The Bertz CT molecular complexity index is 451. The number of aryl methyl sites for hydroxylation is 1. The van der Waals surface area contributed by atoms with Crippen molar-refractivity contribution in [3.63, 3.8) is 0 Å². The van der Waals surface area contributed by atoms with Crippen LogP contribution in [0.5, 0.6) is 0 Å². The molecule has 0 aromatic carbocycles. The van der Waals surface area contributed by atoms with Gasteiger partial charge >= 0.3 is 12.0 Å². The first-order chi connectivity index (χ1) is 8.31. The fourth-order valence-corrected chi connectivity index (χ4v) is 1.39. The van der Waals surface area contributed by atoms with Crippen molar-refractivity contribution >= 4 is 17.7 Å². The molecule has 0 aliphatic rings. The maximum Gasteiger partial charge on any atom is 0.354 e. The van der Waals surface area contributed by atoms with E-state index in [1.54, 1.807) is 13.0 Å². The van der Waals surface area contributed by atoms with Crippen molar-refractivity contribution in [2.75, 3.05) is 5.32 Å². The van der Waals surface area contributed by atoms with Crippen molar-refractivity contribution in [1.82, 2.24) is 10.3 Å². The number of rotatable bonds is 4. The number of carbonyl (C=O) groups is 2. The van der Waals surface area contributed by atoms with Gasteiger partial charge < -0.3 is 20.7 Å². The van der Waals surface area contributed by atoms with E-state index in [9.17, 15) is 9.59 Å². The zero-order valence-corrected chi connectivity index (χ0v) is 11.0. The van der Waals surface area contributed by atoms with Crippen molar-refractivity contribution in [1.29, 1.82) is 0 Å². The number of carboxylic acids is 1. The summed E-state index contributed by atoms with van der Waals surface area (Å²) in [5.41, 5.74) is 0.938. The lowest BCUT2D eigenvalue weighted by atomic mass is 10.1. The number of aromatic carboxylic acids is 1. The Balaban J connectivity index is 2.73. The van der Waals surface area contributed by atoms with Crippen LogP contribution in [0.2, 0.25) is 0 Å². The number of carbonyl (C=O) groups excluding carboxylic acids is 1. The molecule has 0 spiro atoms. The van der Waals surface area contributed by atoms with Crippen LogP contribution in [0.1, 0.15) is 37.0 Å². The third kappa shape index (κ3) is 3.51. The van der Waals surface area contributed by atoms with Gasteiger partial charge in [-0.1, -0.05) is 13.8 Å². The highest BCUT2D eigenvalue weighted by Crippen LogP contribution is 2.16. The quantitative estimate of drug-likeness (QED) is 0.662. The molecule has 1 atom stereocenters. The number of H-pyrrole nitrogens is 1. The SMILES string of the molecule is Cc1cc(NC(=O)NC(C)C(C)C)c(C(=O)O)[nH]1. The number of aromatic nitrogens is 1. The van der Waals surface area contributed by atoms with Crippen LogP contribution in [0.3, 0.4) is 0 Å². The molecule has 6 heteroatoms. The minimum absolute atomic E-state index is 0.0123. The van der Waals surface area contributed by atoms with E-state index < -0.39 is 12.0 Å². The van der Waals surface area contributed by atoms with E-state index in [1.165, 1.54) is 0 Å². The Kier molecular flexibility index (Phi) is 4.36. The van der Waals surface area contributed by atoms with Crippen molar-refractivity contribution in [3.05, 3.63) is 17.5 Å². The fraction of sp³-hybridized carbons (Fsp3) is 0.500. The minimum atomic E-state index is -1.10. The summed E-state index contributed by atoms with van der Waals surface area (Å²) in [5.74, 6) is -0.794. The van der Waals surface area contributed by atoms with Gasteiger partial charge in [0, 0.05) is 11.7 Å². The zero-order valence-electron chi connectivity index (χ0n) is 11.0. The fourth-order valence-electron chi connectivity index (χ4n) is 1.39. The zero-order chi connectivity index (χ0) is 13.9. The van der Waals surface area contributed by atoms with Gasteiger partial charge in [0.05, 0.1) is 5.69 Å². The van der Waals surface area contributed by atoms with Crippen LogP contribution in [-0.2, 0) is 0 Å². The van der Waals surface area contributed by atoms with E-state index >= 15 is 0 Å². The molecule has 2 amide bonds. The Morgan fingerprint density at radius 2 is 1.94 bits per heavy atom. The molecular formula is C12H19N3O3. The first kappa shape index (κ1) is 14.1. The number of nitrogens with one attached hydrogen (secondary N) is 3. The van der Waals surface area contributed by atoms with Gasteiger partial charge in [-0.3, -0.25) is 0 Å². The maximum absolute atomic E-state index is 11.7. The summed E-state index contributed by atoms with van der Waals surface area (Å²) in [4.78, 5) is 25.3. The highest BCUT2D eigenvalue weighted by molar-refractivity contribution is 5.99. The van der Waals surface area contributed by atoms with Crippen LogP contribution in [0.25, 0.3) is 0 Å². The maximum atomic E-state index is 11.7. The van der Waals surface area contributed by atoms with Crippen LogP contribution < -0.4 is 10.6 Å². The molecule has 18 heavy (non-hydrogen) atoms. The summed E-state index contributed by atoms with van der Waals surface area (Å²) in [5, 5.41) is 14.2. The molecule has 0 radical (unpaired) electrons. The lowest BCUT2D eigenvalue weighted by Crippen LogP contribution is -2.39. The Morgan fingerprint density at radius 1 is 1.33 bits per heavy atom. The largest absolute Gasteiger partial charge is 0.477 e. The first-order valence-electron chi connectivity index (χ1n) is 5.81. The molecule has 1 unspecified atom stereocenters. The van der Waals surface area contributed by atoms with Gasteiger partial charge in [0.2, 0.25) is 0 Å². The second kappa shape index (κ2) is 5.57. The smallest absolute Gasteiger partial charge is 0.354 e. The lowest BCUT2D eigenvalue weighted by Gasteiger charge is -2.17. The van der Waals surface area contributed by atoms with Gasteiger partial charge in [-0.05, 0) is 25.8 Å². The lowest BCUT2D eigenvalue weighted by molar-refractivity contribution is 0.0692. The van der Waals surface area contributed by atoms with Gasteiger partial charge in [-0.2, -0.15) is 0 Å². The molecule has 0 aliphatic carbocycles. The number of hydrogen-bond donors (Lipinski definition) is 4. The molecule has 0 fully saturated rings. The molecule has 100 valence electrons. The molecule has 0 saturated carbocycles. The summed E-state index contributed by atoms with van der Waals surface area (Å²) in [6, 6.07) is 1.19. The van der Waals surface area contributed by atoms with Crippen molar-refractivity contribution in [2.24, 2.45) is 5.92 Å². The summed E-state index contributed by atoms with van der Waals surface area (Å²) in [7, 11) is 0. The van der Waals surface area contributed by atoms with Crippen LogP contribution in [0.15, 0.2) is 6.07 Å².